The molecule has 0 amide bonds. The molecule has 1 fully saturated rings. The van der Waals surface area contributed by atoms with Gasteiger partial charge in [-0.15, -0.1) is 0 Å². The Morgan fingerprint density at radius 2 is 2.26 bits per heavy atom. The van der Waals surface area contributed by atoms with Crippen LogP contribution in [0.5, 0.6) is 0 Å². The molecule has 0 radical (unpaired) electrons. The number of nitrogens with one attached hydrogen (secondary N) is 1. The van der Waals surface area contributed by atoms with Gasteiger partial charge in [-0.2, -0.15) is 4.98 Å². The van der Waals surface area contributed by atoms with Crippen LogP contribution in [0, 0.1) is 5.82 Å². The van der Waals surface area contributed by atoms with E-state index in [2.05, 4.69) is 15.5 Å². The van der Waals surface area contributed by atoms with Gasteiger partial charge < -0.3 is 9.84 Å². The number of hydrogen-bond acceptors (Lipinski definition) is 4. The van der Waals surface area contributed by atoms with Crippen molar-refractivity contribution < 1.29 is 8.91 Å². The van der Waals surface area contributed by atoms with E-state index in [9.17, 15) is 4.39 Å². The summed E-state index contributed by atoms with van der Waals surface area (Å²) in [5, 5.41) is 7.57. The van der Waals surface area contributed by atoms with Crippen LogP contribution in [-0.4, -0.2) is 16.2 Å². The van der Waals surface area contributed by atoms with Crippen LogP contribution in [0.3, 0.4) is 0 Å². The van der Waals surface area contributed by atoms with E-state index in [1.54, 1.807) is 6.07 Å². The molecule has 0 bridgehead atoms. The van der Waals surface area contributed by atoms with Crippen molar-refractivity contribution in [1.82, 2.24) is 15.5 Å². The van der Waals surface area contributed by atoms with Crippen molar-refractivity contribution in [3.8, 4) is 0 Å². The molecule has 0 saturated heterocycles. The molecule has 4 nitrogen and oxygen atoms in total. The summed E-state index contributed by atoms with van der Waals surface area (Å²) in [5.41, 5.74) is 0.783. The number of nitrogens with zero attached hydrogens (tertiary/aromatic N) is 2. The Kier molecular flexibility index (Phi) is 3.48. The fourth-order valence-corrected chi connectivity index (χ4v) is 2.02. The molecule has 1 saturated carbocycles. The molecule has 0 aliphatic heterocycles. The van der Waals surface area contributed by atoms with Crippen molar-refractivity contribution in [2.24, 2.45) is 0 Å². The van der Waals surface area contributed by atoms with Crippen molar-refractivity contribution >= 4 is 11.6 Å². The van der Waals surface area contributed by atoms with Crippen molar-refractivity contribution in [2.75, 3.05) is 0 Å². The molecule has 1 heterocycles. The van der Waals surface area contributed by atoms with E-state index in [-0.39, 0.29) is 5.82 Å². The summed E-state index contributed by atoms with van der Waals surface area (Å²) >= 11 is 5.96. The van der Waals surface area contributed by atoms with E-state index in [0.717, 1.165) is 5.56 Å². The molecule has 1 aliphatic rings. The average molecular weight is 282 g/mol. The first-order chi connectivity index (χ1) is 9.20. The summed E-state index contributed by atoms with van der Waals surface area (Å²) in [4.78, 5) is 4.28. The Labute approximate surface area is 115 Å². The van der Waals surface area contributed by atoms with Crippen molar-refractivity contribution in [2.45, 2.75) is 31.8 Å². The highest BCUT2D eigenvalue weighted by atomic mass is 35.5. The molecule has 1 N–H and O–H groups in total. The second-order valence-corrected chi connectivity index (χ2v) is 5.08. The maximum Gasteiger partial charge on any atom is 0.240 e. The highest BCUT2D eigenvalue weighted by Gasteiger charge is 2.21. The number of halogens is 2. The predicted octanol–water partition coefficient (Wildman–Crippen LogP) is 2.70. The molecule has 2 aromatic rings. The van der Waals surface area contributed by atoms with Crippen LogP contribution in [-0.2, 0) is 13.0 Å². The fraction of sp³-hybridized carbons (Fsp3) is 0.385. The molecule has 3 rings (SSSR count). The first-order valence-electron chi connectivity index (χ1n) is 6.19. The van der Waals surface area contributed by atoms with Crippen molar-refractivity contribution in [3.63, 3.8) is 0 Å². The van der Waals surface area contributed by atoms with Gasteiger partial charge in [0.1, 0.15) is 5.82 Å². The van der Waals surface area contributed by atoms with Gasteiger partial charge >= 0.3 is 0 Å². The van der Waals surface area contributed by atoms with Crippen LogP contribution >= 0.6 is 11.6 Å². The maximum absolute atomic E-state index is 12.9. The average Bonchev–Trinajstić information content (AvgIpc) is 3.10. The van der Waals surface area contributed by atoms with Crippen LogP contribution in [0.2, 0.25) is 5.02 Å². The minimum atomic E-state index is -0.351. The summed E-state index contributed by atoms with van der Waals surface area (Å²) in [6, 6.07) is 4.89. The lowest BCUT2D eigenvalue weighted by Crippen LogP contribution is -2.15. The molecule has 1 aliphatic carbocycles. The minimum Gasteiger partial charge on any atom is -0.338 e. The Hall–Kier alpha value is -1.46. The quantitative estimate of drug-likeness (QED) is 0.915. The van der Waals surface area contributed by atoms with Gasteiger partial charge in [0.05, 0.1) is 6.54 Å². The van der Waals surface area contributed by atoms with Crippen LogP contribution in [0.1, 0.15) is 30.1 Å². The lowest BCUT2D eigenvalue weighted by atomic mass is 10.1. The summed E-state index contributed by atoms with van der Waals surface area (Å²) in [7, 11) is 0. The second-order valence-electron chi connectivity index (χ2n) is 4.67. The fourth-order valence-electron chi connectivity index (χ4n) is 1.79. The number of rotatable bonds is 5. The lowest BCUT2D eigenvalue weighted by molar-refractivity contribution is 0.363. The molecule has 1 aromatic carbocycles. The summed E-state index contributed by atoms with van der Waals surface area (Å²) < 4.78 is 18.1. The van der Waals surface area contributed by atoms with Gasteiger partial charge in [0.2, 0.25) is 5.89 Å². The summed E-state index contributed by atoms with van der Waals surface area (Å²) in [6.45, 7) is 0.592. The van der Waals surface area contributed by atoms with Crippen LogP contribution < -0.4 is 5.32 Å². The van der Waals surface area contributed by atoms with Gasteiger partial charge in [0.25, 0.3) is 0 Å². The molecule has 6 heteroatoms. The van der Waals surface area contributed by atoms with Gasteiger partial charge in [-0.25, -0.2) is 4.39 Å². The molecular weight excluding hydrogens is 269 g/mol. The van der Waals surface area contributed by atoms with E-state index in [1.165, 1.54) is 25.0 Å². The predicted molar refractivity (Wildman–Crippen MR) is 68.4 cm³/mol. The number of benzene rings is 1. The van der Waals surface area contributed by atoms with Crippen LogP contribution in [0.25, 0.3) is 0 Å². The number of hydrogen-bond donors (Lipinski definition) is 1. The third kappa shape index (κ3) is 3.30. The molecular formula is C13H13ClFN3O. The largest absolute Gasteiger partial charge is 0.338 e. The Bertz CT molecular complexity index is 583. The van der Waals surface area contributed by atoms with Gasteiger partial charge in [0.15, 0.2) is 5.82 Å². The highest BCUT2D eigenvalue weighted by Crippen LogP contribution is 2.20. The zero-order valence-corrected chi connectivity index (χ0v) is 11.0. The molecule has 100 valence electrons. The second kappa shape index (κ2) is 5.27. The van der Waals surface area contributed by atoms with Crippen molar-refractivity contribution in [1.29, 1.82) is 0 Å². The molecule has 0 atom stereocenters. The third-order valence-electron chi connectivity index (χ3n) is 2.99. The van der Waals surface area contributed by atoms with Crippen LogP contribution in [0.15, 0.2) is 22.7 Å². The Morgan fingerprint density at radius 1 is 1.42 bits per heavy atom. The molecule has 0 unspecified atom stereocenters. The van der Waals surface area contributed by atoms with E-state index in [0.29, 0.717) is 35.7 Å². The summed E-state index contributed by atoms with van der Waals surface area (Å²) in [6.07, 6.45) is 2.87. The SMILES string of the molecule is Fc1ccc(Cc2noc(CNC3CC3)n2)c(Cl)c1. The maximum atomic E-state index is 12.9. The Morgan fingerprint density at radius 3 is 3.00 bits per heavy atom. The highest BCUT2D eigenvalue weighted by molar-refractivity contribution is 6.31. The minimum absolute atomic E-state index is 0.351. The van der Waals surface area contributed by atoms with E-state index < -0.39 is 0 Å². The standard InChI is InChI=1S/C13H13ClFN3O/c14-11-6-9(15)2-1-8(11)5-12-17-13(19-18-12)7-16-10-3-4-10/h1-2,6,10,16H,3-5,7H2. The number of aromatic nitrogens is 2. The van der Waals surface area contributed by atoms with E-state index in [1.807, 2.05) is 0 Å². The molecule has 19 heavy (non-hydrogen) atoms. The topological polar surface area (TPSA) is 51.0 Å². The molecule has 1 aromatic heterocycles. The zero-order chi connectivity index (χ0) is 13.2. The molecule has 0 spiro atoms. The Balaban J connectivity index is 1.65. The van der Waals surface area contributed by atoms with Gasteiger partial charge in [-0.1, -0.05) is 22.8 Å². The zero-order valence-electron chi connectivity index (χ0n) is 10.2. The van der Waals surface area contributed by atoms with E-state index >= 15 is 0 Å². The van der Waals surface area contributed by atoms with Crippen molar-refractivity contribution in [3.05, 3.63) is 46.3 Å². The first kappa shape index (κ1) is 12.6. The first-order valence-corrected chi connectivity index (χ1v) is 6.57. The lowest BCUT2D eigenvalue weighted by Gasteiger charge is -2.00. The summed E-state index contributed by atoms with van der Waals surface area (Å²) in [5.74, 6) is 0.775. The third-order valence-corrected chi connectivity index (χ3v) is 3.34. The monoisotopic (exact) mass is 281 g/mol. The normalized spacial score (nSPS) is 14.8. The van der Waals surface area contributed by atoms with Crippen LogP contribution in [0.4, 0.5) is 4.39 Å². The smallest absolute Gasteiger partial charge is 0.240 e. The van der Waals surface area contributed by atoms with E-state index in [4.69, 9.17) is 16.1 Å². The van der Waals surface area contributed by atoms with Gasteiger partial charge in [0, 0.05) is 17.5 Å². The van der Waals surface area contributed by atoms with Gasteiger partial charge in [-0.05, 0) is 30.5 Å². The van der Waals surface area contributed by atoms with Gasteiger partial charge in [-0.3, -0.25) is 0 Å².